The molecule has 0 aliphatic heterocycles. The highest BCUT2D eigenvalue weighted by Gasteiger charge is 2.34. The second kappa shape index (κ2) is 7.11. The molecular weight excluding hydrogens is 270 g/mol. The van der Waals surface area contributed by atoms with Crippen LogP contribution in [0.15, 0.2) is 24.3 Å². The van der Waals surface area contributed by atoms with Gasteiger partial charge in [-0.3, -0.25) is 0 Å². The van der Waals surface area contributed by atoms with Gasteiger partial charge in [0.1, 0.15) is 24.2 Å². The van der Waals surface area contributed by atoms with E-state index >= 15 is 0 Å². The van der Waals surface area contributed by atoms with Gasteiger partial charge in [-0.2, -0.15) is 0 Å². The molecule has 0 spiro atoms. The first-order valence-corrected chi connectivity index (χ1v) is 7.08. The standard InChI is InChI=1S/C16H27NO4/c1-15(2,16(3,4)19)17-10-12(18)11-21-14-8-6-13(20-5)7-9-14/h6-9,12,17-19H,10-11H2,1-5H3. The number of rotatable bonds is 8. The molecule has 0 heterocycles. The van der Waals surface area contributed by atoms with Crippen LogP contribution in [0.3, 0.4) is 0 Å². The van der Waals surface area contributed by atoms with E-state index in [4.69, 9.17) is 9.47 Å². The van der Waals surface area contributed by atoms with E-state index in [9.17, 15) is 10.2 Å². The molecule has 1 rings (SSSR count). The Hall–Kier alpha value is -1.30. The fourth-order valence-corrected chi connectivity index (χ4v) is 1.51. The first-order valence-electron chi connectivity index (χ1n) is 7.08. The van der Waals surface area contributed by atoms with Crippen LogP contribution < -0.4 is 14.8 Å². The Kier molecular flexibility index (Phi) is 6.01. The molecule has 0 saturated carbocycles. The average Bonchev–Trinajstić information content (AvgIpc) is 2.42. The van der Waals surface area contributed by atoms with Crippen molar-refractivity contribution in [1.29, 1.82) is 0 Å². The van der Waals surface area contributed by atoms with E-state index in [0.717, 1.165) is 5.75 Å². The zero-order valence-corrected chi connectivity index (χ0v) is 13.5. The monoisotopic (exact) mass is 297 g/mol. The van der Waals surface area contributed by atoms with E-state index in [1.807, 2.05) is 13.8 Å². The second-order valence-corrected chi connectivity index (χ2v) is 6.21. The number of β-amino-alcohol motifs (C(OH)–C–C–N with tert-alkyl or cyclic N) is 1. The molecule has 0 saturated heterocycles. The van der Waals surface area contributed by atoms with E-state index < -0.39 is 17.2 Å². The minimum absolute atomic E-state index is 0.182. The normalized spacial score (nSPS) is 13.9. The third-order valence-corrected chi connectivity index (χ3v) is 3.81. The molecule has 0 aliphatic carbocycles. The highest BCUT2D eigenvalue weighted by molar-refractivity contribution is 5.31. The summed E-state index contributed by atoms with van der Waals surface area (Å²) in [4.78, 5) is 0. The Morgan fingerprint density at radius 2 is 1.62 bits per heavy atom. The summed E-state index contributed by atoms with van der Waals surface area (Å²) in [5.74, 6) is 1.44. The lowest BCUT2D eigenvalue weighted by Gasteiger charge is -2.38. The molecule has 21 heavy (non-hydrogen) atoms. The zero-order valence-electron chi connectivity index (χ0n) is 13.5. The largest absolute Gasteiger partial charge is 0.497 e. The zero-order chi connectivity index (χ0) is 16.1. The van der Waals surface area contributed by atoms with E-state index in [1.165, 1.54) is 0 Å². The topological polar surface area (TPSA) is 71.0 Å². The van der Waals surface area contributed by atoms with Crippen LogP contribution in [-0.4, -0.2) is 47.7 Å². The molecule has 0 radical (unpaired) electrons. The van der Waals surface area contributed by atoms with Crippen LogP contribution in [0.1, 0.15) is 27.7 Å². The number of benzene rings is 1. The molecule has 120 valence electrons. The maximum atomic E-state index is 10.0. The minimum atomic E-state index is -0.885. The van der Waals surface area contributed by atoms with Gasteiger partial charge in [0.2, 0.25) is 0 Å². The second-order valence-electron chi connectivity index (χ2n) is 6.21. The molecule has 5 nitrogen and oxygen atoms in total. The molecule has 1 unspecified atom stereocenters. The van der Waals surface area contributed by atoms with Crippen molar-refractivity contribution < 1.29 is 19.7 Å². The van der Waals surface area contributed by atoms with Crippen molar-refractivity contribution in [2.24, 2.45) is 0 Å². The molecule has 0 amide bonds. The van der Waals surface area contributed by atoms with Crippen molar-refractivity contribution in [2.75, 3.05) is 20.3 Å². The fourth-order valence-electron chi connectivity index (χ4n) is 1.51. The highest BCUT2D eigenvalue weighted by atomic mass is 16.5. The van der Waals surface area contributed by atoms with Crippen LogP contribution in [0.4, 0.5) is 0 Å². The summed E-state index contributed by atoms with van der Waals surface area (Å²) < 4.78 is 10.6. The van der Waals surface area contributed by atoms with Gasteiger partial charge in [0.15, 0.2) is 0 Å². The summed E-state index contributed by atoms with van der Waals surface area (Å²) in [7, 11) is 1.61. The number of methoxy groups -OCH3 is 1. The van der Waals surface area contributed by atoms with Gasteiger partial charge >= 0.3 is 0 Å². The van der Waals surface area contributed by atoms with Crippen molar-refractivity contribution in [3.05, 3.63) is 24.3 Å². The van der Waals surface area contributed by atoms with Gasteiger partial charge < -0.3 is 25.0 Å². The van der Waals surface area contributed by atoms with Crippen molar-refractivity contribution in [3.63, 3.8) is 0 Å². The first kappa shape index (κ1) is 17.8. The van der Waals surface area contributed by atoms with Crippen molar-refractivity contribution in [1.82, 2.24) is 5.32 Å². The summed E-state index contributed by atoms with van der Waals surface area (Å²) in [6.07, 6.45) is -0.659. The molecule has 0 bridgehead atoms. The summed E-state index contributed by atoms with van der Waals surface area (Å²) in [6, 6.07) is 7.19. The van der Waals surface area contributed by atoms with Crippen LogP contribution >= 0.6 is 0 Å². The highest BCUT2D eigenvalue weighted by Crippen LogP contribution is 2.20. The third kappa shape index (κ3) is 5.53. The number of hydrogen-bond acceptors (Lipinski definition) is 5. The van der Waals surface area contributed by atoms with E-state index in [1.54, 1.807) is 45.2 Å². The minimum Gasteiger partial charge on any atom is -0.497 e. The van der Waals surface area contributed by atoms with Crippen molar-refractivity contribution >= 4 is 0 Å². The molecule has 5 heteroatoms. The third-order valence-electron chi connectivity index (χ3n) is 3.81. The number of aliphatic hydroxyl groups excluding tert-OH is 1. The van der Waals surface area contributed by atoms with Gasteiger partial charge in [0.05, 0.1) is 12.7 Å². The van der Waals surface area contributed by atoms with Gasteiger partial charge in [0.25, 0.3) is 0 Å². The first-order chi connectivity index (χ1) is 9.65. The van der Waals surface area contributed by atoms with E-state index in [0.29, 0.717) is 12.3 Å². The van der Waals surface area contributed by atoms with Crippen molar-refractivity contribution in [3.8, 4) is 11.5 Å². The maximum Gasteiger partial charge on any atom is 0.119 e. The average molecular weight is 297 g/mol. The van der Waals surface area contributed by atoms with Gasteiger partial charge in [-0.1, -0.05) is 0 Å². The summed E-state index contributed by atoms with van der Waals surface area (Å²) in [6.45, 7) is 7.78. The van der Waals surface area contributed by atoms with Crippen LogP contribution in [-0.2, 0) is 0 Å². The lowest BCUT2D eigenvalue weighted by molar-refractivity contribution is -0.0120. The molecule has 0 fully saturated rings. The van der Waals surface area contributed by atoms with E-state index in [2.05, 4.69) is 5.32 Å². The molecule has 1 atom stereocenters. The van der Waals surface area contributed by atoms with Crippen LogP contribution in [0, 0.1) is 0 Å². The molecule has 1 aromatic rings. The number of nitrogens with one attached hydrogen (secondary N) is 1. The summed E-state index contributed by atoms with van der Waals surface area (Å²) >= 11 is 0. The molecular formula is C16H27NO4. The quantitative estimate of drug-likeness (QED) is 0.679. The van der Waals surface area contributed by atoms with Crippen molar-refractivity contribution in [2.45, 2.75) is 44.9 Å². The Morgan fingerprint density at radius 3 is 2.10 bits per heavy atom. The van der Waals surface area contributed by atoms with Crippen LogP contribution in [0.5, 0.6) is 11.5 Å². The number of ether oxygens (including phenoxy) is 2. The Bertz CT molecular complexity index is 423. The predicted octanol–water partition coefficient (Wildman–Crippen LogP) is 1.57. The van der Waals surface area contributed by atoms with Crippen LogP contribution in [0.25, 0.3) is 0 Å². The number of hydrogen-bond donors (Lipinski definition) is 3. The van der Waals surface area contributed by atoms with Gasteiger partial charge in [-0.15, -0.1) is 0 Å². The lowest BCUT2D eigenvalue weighted by atomic mass is 9.86. The molecule has 1 aromatic carbocycles. The lowest BCUT2D eigenvalue weighted by Crippen LogP contribution is -2.57. The van der Waals surface area contributed by atoms with E-state index in [-0.39, 0.29) is 6.61 Å². The summed E-state index contributed by atoms with van der Waals surface area (Å²) in [5.41, 5.74) is -1.39. The Labute approximate surface area is 126 Å². The van der Waals surface area contributed by atoms with Gasteiger partial charge in [-0.25, -0.2) is 0 Å². The molecule has 3 N–H and O–H groups in total. The smallest absolute Gasteiger partial charge is 0.119 e. The molecule has 0 aliphatic rings. The predicted molar refractivity (Wildman–Crippen MR) is 82.9 cm³/mol. The van der Waals surface area contributed by atoms with Crippen LogP contribution in [0.2, 0.25) is 0 Å². The fraction of sp³-hybridized carbons (Fsp3) is 0.625. The Morgan fingerprint density at radius 1 is 1.10 bits per heavy atom. The Balaban J connectivity index is 2.38. The maximum absolute atomic E-state index is 10.0. The summed E-state index contributed by atoms with van der Waals surface area (Å²) in [5, 5.41) is 23.1. The van der Waals surface area contributed by atoms with Gasteiger partial charge in [0, 0.05) is 12.1 Å². The molecule has 0 aromatic heterocycles. The van der Waals surface area contributed by atoms with Gasteiger partial charge in [-0.05, 0) is 52.0 Å². The number of aliphatic hydroxyl groups is 2. The SMILES string of the molecule is COc1ccc(OCC(O)CNC(C)(C)C(C)(C)O)cc1.